The van der Waals surface area contributed by atoms with Gasteiger partial charge in [-0.1, -0.05) is 38.0 Å². The SMILES string of the molecule is COCOc1cc2c3c(cccc3c1)C(C)c1c-2ncc2c(N3CCCCCC3)nc(OC[C@]34CCCN3[C@@H](CO)CC4)nc12. The van der Waals surface area contributed by atoms with E-state index in [0.29, 0.717) is 12.6 Å². The van der Waals surface area contributed by atoms with Gasteiger partial charge in [-0.2, -0.15) is 9.97 Å². The average Bonchev–Trinajstić information content (AvgIpc) is 3.51. The lowest BCUT2D eigenvalue weighted by Gasteiger charge is -2.34. The first-order valence-corrected chi connectivity index (χ1v) is 16.7. The van der Waals surface area contributed by atoms with Crippen LogP contribution in [0.5, 0.6) is 11.8 Å². The topological polar surface area (TPSA) is 93.1 Å². The Morgan fingerprint density at radius 2 is 1.87 bits per heavy atom. The third-order valence-corrected chi connectivity index (χ3v) is 10.8. The van der Waals surface area contributed by atoms with Crippen LogP contribution < -0.4 is 14.4 Å². The highest BCUT2D eigenvalue weighted by Crippen LogP contribution is 2.49. The van der Waals surface area contributed by atoms with Gasteiger partial charge in [0.05, 0.1) is 28.7 Å². The number of rotatable bonds is 8. The van der Waals surface area contributed by atoms with Gasteiger partial charge < -0.3 is 24.2 Å². The van der Waals surface area contributed by atoms with Gasteiger partial charge in [0.2, 0.25) is 0 Å². The number of ether oxygens (including phenoxy) is 3. The van der Waals surface area contributed by atoms with E-state index in [1.165, 1.54) is 23.8 Å². The minimum absolute atomic E-state index is 0.0490. The summed E-state index contributed by atoms with van der Waals surface area (Å²) in [6, 6.07) is 11.3. The van der Waals surface area contributed by atoms with E-state index in [1.807, 2.05) is 6.20 Å². The van der Waals surface area contributed by atoms with Crippen molar-refractivity contribution in [1.82, 2.24) is 19.9 Å². The molecule has 3 fully saturated rings. The molecule has 9 heteroatoms. The monoisotopic (exact) mass is 609 g/mol. The number of aliphatic hydroxyl groups excluding tert-OH is 1. The summed E-state index contributed by atoms with van der Waals surface area (Å²) in [5.41, 5.74) is 5.25. The Bertz CT molecular complexity index is 1740. The molecule has 1 aliphatic carbocycles. The molecule has 236 valence electrons. The lowest BCUT2D eigenvalue weighted by atomic mass is 9.79. The minimum Gasteiger partial charge on any atom is -0.468 e. The number of nitrogens with zero attached hydrogens (tertiary/aromatic N) is 5. The number of aromatic nitrogens is 3. The number of benzene rings is 2. The molecule has 3 aliphatic heterocycles. The number of hydrogen-bond donors (Lipinski definition) is 1. The molecule has 4 aromatic rings. The first-order valence-electron chi connectivity index (χ1n) is 16.7. The van der Waals surface area contributed by atoms with Gasteiger partial charge in [-0.3, -0.25) is 9.88 Å². The lowest BCUT2D eigenvalue weighted by molar-refractivity contribution is 0.0512. The number of methoxy groups -OCH3 is 1. The summed E-state index contributed by atoms with van der Waals surface area (Å²) >= 11 is 0. The van der Waals surface area contributed by atoms with E-state index in [2.05, 4.69) is 47.1 Å². The van der Waals surface area contributed by atoms with E-state index in [1.54, 1.807) is 7.11 Å². The van der Waals surface area contributed by atoms with Gasteiger partial charge >= 0.3 is 6.01 Å². The molecule has 9 nitrogen and oxygen atoms in total. The van der Waals surface area contributed by atoms with Crippen molar-refractivity contribution < 1.29 is 19.3 Å². The largest absolute Gasteiger partial charge is 0.468 e. The number of anilines is 1. The molecule has 0 radical (unpaired) electrons. The van der Waals surface area contributed by atoms with Crippen LogP contribution in [0.3, 0.4) is 0 Å². The molecule has 1 unspecified atom stereocenters. The standard InChI is InChI=1S/C36H43N5O4/c1-23-27-10-7-9-24-17-26(45-22-43-2)18-28(31(24)27)32-30(23)33-29(19-37-32)34(40-14-5-3-4-6-15-40)39-35(38-33)44-21-36-12-8-16-41(36)25(20-42)11-13-36/h7,9-10,17-19,23,25,42H,3-6,8,11-16,20-22H2,1-2H3/t23?,25-,36-/m1/s1. The maximum absolute atomic E-state index is 10.0. The fourth-order valence-corrected chi connectivity index (χ4v) is 8.63. The molecular weight excluding hydrogens is 566 g/mol. The Morgan fingerprint density at radius 1 is 1.00 bits per heavy atom. The highest BCUT2D eigenvalue weighted by molar-refractivity contribution is 6.06. The Labute approximate surface area is 264 Å². The molecule has 0 spiro atoms. The van der Waals surface area contributed by atoms with Gasteiger partial charge in [0.1, 0.15) is 18.2 Å². The predicted octanol–water partition coefficient (Wildman–Crippen LogP) is 6.04. The van der Waals surface area contributed by atoms with Gasteiger partial charge in [0.25, 0.3) is 0 Å². The molecule has 0 amide bonds. The van der Waals surface area contributed by atoms with Crippen molar-refractivity contribution in [2.45, 2.75) is 75.8 Å². The summed E-state index contributed by atoms with van der Waals surface area (Å²) in [5.74, 6) is 1.77. The molecule has 0 saturated carbocycles. The van der Waals surface area contributed by atoms with E-state index in [-0.39, 0.29) is 30.9 Å². The smallest absolute Gasteiger partial charge is 0.319 e. The van der Waals surface area contributed by atoms with Crippen LogP contribution in [0.1, 0.15) is 75.3 Å². The van der Waals surface area contributed by atoms with Crippen LogP contribution in [0.25, 0.3) is 32.9 Å². The van der Waals surface area contributed by atoms with Gasteiger partial charge in [-0.25, -0.2) is 0 Å². The highest BCUT2D eigenvalue weighted by atomic mass is 16.7. The molecule has 2 aromatic heterocycles. The molecule has 1 N–H and O–H groups in total. The maximum atomic E-state index is 10.0. The van der Waals surface area contributed by atoms with E-state index < -0.39 is 0 Å². The van der Waals surface area contributed by atoms with Crippen LogP contribution in [0, 0.1) is 0 Å². The number of aliphatic hydroxyl groups is 1. The molecule has 8 rings (SSSR count). The molecule has 0 bridgehead atoms. The van der Waals surface area contributed by atoms with Crippen molar-refractivity contribution in [2.24, 2.45) is 0 Å². The molecule has 2 aromatic carbocycles. The predicted molar refractivity (Wildman–Crippen MR) is 175 cm³/mol. The summed E-state index contributed by atoms with van der Waals surface area (Å²) in [6.07, 6.45) is 11.0. The van der Waals surface area contributed by atoms with Crippen molar-refractivity contribution in [1.29, 1.82) is 0 Å². The van der Waals surface area contributed by atoms with Gasteiger partial charge in [-0.15, -0.1) is 0 Å². The summed E-state index contributed by atoms with van der Waals surface area (Å²) in [7, 11) is 1.64. The first kappa shape index (κ1) is 28.9. The molecule has 5 heterocycles. The molecule has 3 atom stereocenters. The zero-order chi connectivity index (χ0) is 30.5. The summed E-state index contributed by atoms with van der Waals surface area (Å²) in [5, 5.41) is 13.4. The fourth-order valence-electron chi connectivity index (χ4n) is 8.63. The minimum atomic E-state index is -0.0490. The van der Waals surface area contributed by atoms with Crippen molar-refractivity contribution in [3.05, 3.63) is 47.7 Å². The first-order chi connectivity index (χ1) is 22.1. The lowest BCUT2D eigenvalue weighted by Crippen LogP contribution is -2.47. The van der Waals surface area contributed by atoms with E-state index in [9.17, 15) is 5.11 Å². The zero-order valence-corrected chi connectivity index (χ0v) is 26.4. The Hall–Kier alpha value is -3.53. The number of fused-ring (bicyclic) bond motifs is 5. The van der Waals surface area contributed by atoms with Crippen molar-refractivity contribution >= 4 is 27.5 Å². The fraction of sp³-hybridized carbons (Fsp3) is 0.528. The van der Waals surface area contributed by atoms with E-state index in [4.69, 9.17) is 29.2 Å². The molecule has 45 heavy (non-hydrogen) atoms. The second-order valence-electron chi connectivity index (χ2n) is 13.4. The number of hydrogen-bond acceptors (Lipinski definition) is 9. The molecule has 3 saturated heterocycles. The van der Waals surface area contributed by atoms with Crippen molar-refractivity contribution in [3.63, 3.8) is 0 Å². The molecule has 4 aliphatic rings. The van der Waals surface area contributed by atoms with Crippen LogP contribution >= 0.6 is 0 Å². The summed E-state index contributed by atoms with van der Waals surface area (Å²) in [4.78, 5) is 20.4. The van der Waals surface area contributed by atoms with Crippen LogP contribution in [0.2, 0.25) is 0 Å². The van der Waals surface area contributed by atoms with Gasteiger partial charge in [0, 0.05) is 49.5 Å². The Balaban J connectivity index is 1.27. The van der Waals surface area contributed by atoms with Crippen molar-refractivity contribution in [3.8, 4) is 23.0 Å². The third-order valence-electron chi connectivity index (χ3n) is 10.8. The van der Waals surface area contributed by atoms with Crippen LogP contribution in [0.4, 0.5) is 5.82 Å². The normalized spacial score (nSPS) is 24.6. The Morgan fingerprint density at radius 3 is 2.69 bits per heavy atom. The summed E-state index contributed by atoms with van der Waals surface area (Å²) < 4.78 is 17.8. The second-order valence-corrected chi connectivity index (χ2v) is 13.4. The second kappa shape index (κ2) is 11.7. The van der Waals surface area contributed by atoms with Crippen LogP contribution in [-0.4, -0.2) is 83.3 Å². The van der Waals surface area contributed by atoms with Crippen LogP contribution in [-0.2, 0) is 4.74 Å². The third kappa shape index (κ3) is 4.82. The molecular formula is C36H43N5O4. The van der Waals surface area contributed by atoms with Gasteiger partial charge in [-0.05, 0) is 73.5 Å². The summed E-state index contributed by atoms with van der Waals surface area (Å²) in [6.45, 7) is 6.15. The quantitative estimate of drug-likeness (QED) is 0.240. The van der Waals surface area contributed by atoms with E-state index in [0.717, 1.165) is 103 Å². The van der Waals surface area contributed by atoms with Crippen LogP contribution in [0.15, 0.2) is 36.5 Å². The Kier molecular flexibility index (Phi) is 7.50. The highest BCUT2D eigenvalue weighted by Gasteiger charge is 2.49. The average molecular weight is 610 g/mol. The van der Waals surface area contributed by atoms with E-state index >= 15 is 0 Å². The van der Waals surface area contributed by atoms with Crippen molar-refractivity contribution in [2.75, 3.05) is 51.7 Å². The number of pyridine rings is 1. The van der Waals surface area contributed by atoms with Gasteiger partial charge in [0.15, 0.2) is 6.79 Å². The maximum Gasteiger partial charge on any atom is 0.319 e. The zero-order valence-electron chi connectivity index (χ0n) is 26.4.